The van der Waals surface area contributed by atoms with E-state index in [4.69, 9.17) is 5.73 Å². The van der Waals surface area contributed by atoms with Crippen LogP contribution in [-0.4, -0.2) is 12.5 Å². The highest BCUT2D eigenvalue weighted by atomic mass is 19.3. The van der Waals surface area contributed by atoms with Crippen LogP contribution in [0.3, 0.4) is 0 Å². The highest BCUT2D eigenvalue weighted by Gasteiger charge is 2.67. The van der Waals surface area contributed by atoms with Crippen molar-refractivity contribution in [2.24, 2.45) is 11.7 Å². The number of benzene rings is 1. The summed E-state index contributed by atoms with van der Waals surface area (Å²) in [5.74, 6) is -4.74. The molecule has 1 aliphatic rings. The largest absolute Gasteiger partial charge is 0.330 e. The molecule has 0 aromatic heterocycles. The van der Waals surface area contributed by atoms with E-state index in [0.717, 1.165) is 0 Å². The molecule has 2 atom stereocenters. The number of hydrogen-bond acceptors (Lipinski definition) is 1. The first-order chi connectivity index (χ1) is 6.57. The Balaban J connectivity index is 2.22. The third-order valence-corrected chi connectivity index (χ3v) is 2.69. The van der Waals surface area contributed by atoms with E-state index in [9.17, 15) is 13.2 Å². The Hall–Kier alpha value is -1.03. The minimum Gasteiger partial charge on any atom is -0.330 e. The fraction of sp³-hybridized carbons (Fsp3) is 0.400. The first-order valence-corrected chi connectivity index (χ1v) is 4.40. The number of rotatable bonds is 2. The molecule has 0 saturated heterocycles. The van der Waals surface area contributed by atoms with Crippen LogP contribution < -0.4 is 5.73 Å². The first kappa shape index (κ1) is 9.52. The summed E-state index contributed by atoms with van der Waals surface area (Å²) in [5.41, 5.74) is 5.68. The lowest BCUT2D eigenvalue weighted by Crippen LogP contribution is -2.06. The van der Waals surface area contributed by atoms with Gasteiger partial charge in [0.2, 0.25) is 0 Å². The van der Waals surface area contributed by atoms with Crippen molar-refractivity contribution in [2.75, 3.05) is 6.54 Å². The van der Waals surface area contributed by atoms with Crippen molar-refractivity contribution in [3.63, 3.8) is 0 Å². The average molecular weight is 201 g/mol. The zero-order valence-corrected chi connectivity index (χ0v) is 7.38. The van der Waals surface area contributed by atoms with Crippen molar-refractivity contribution in [1.82, 2.24) is 0 Å². The second kappa shape index (κ2) is 2.98. The summed E-state index contributed by atoms with van der Waals surface area (Å²) < 4.78 is 38.7. The van der Waals surface area contributed by atoms with Gasteiger partial charge in [-0.3, -0.25) is 0 Å². The van der Waals surface area contributed by atoms with E-state index in [1.807, 2.05) is 0 Å². The van der Waals surface area contributed by atoms with Crippen LogP contribution in [0.1, 0.15) is 11.5 Å². The van der Waals surface area contributed by atoms with Crippen LogP contribution in [0.15, 0.2) is 24.3 Å². The average Bonchev–Trinajstić information content (AvgIpc) is 2.69. The molecule has 1 aromatic carbocycles. The van der Waals surface area contributed by atoms with Crippen molar-refractivity contribution in [2.45, 2.75) is 11.8 Å². The predicted octanol–water partition coefficient (Wildman–Crippen LogP) is 2.13. The smallest absolute Gasteiger partial charge is 0.260 e. The van der Waals surface area contributed by atoms with E-state index < -0.39 is 23.6 Å². The third kappa shape index (κ3) is 1.30. The minimum atomic E-state index is -2.72. The molecule has 76 valence electrons. The molecule has 0 amide bonds. The SMILES string of the molecule is NCC1C(c2ccc(F)cc2)C1(F)F. The Morgan fingerprint density at radius 1 is 1.21 bits per heavy atom. The van der Waals surface area contributed by atoms with Gasteiger partial charge in [0, 0.05) is 12.5 Å². The molecular formula is C10H10F3N. The summed E-state index contributed by atoms with van der Waals surface area (Å²) in [4.78, 5) is 0. The van der Waals surface area contributed by atoms with Crippen LogP contribution in [0, 0.1) is 11.7 Å². The van der Waals surface area contributed by atoms with Gasteiger partial charge in [0.05, 0.1) is 5.92 Å². The minimum absolute atomic E-state index is 0.0327. The van der Waals surface area contributed by atoms with E-state index in [1.165, 1.54) is 24.3 Å². The highest BCUT2D eigenvalue weighted by Crippen LogP contribution is 2.60. The van der Waals surface area contributed by atoms with E-state index in [0.29, 0.717) is 5.56 Å². The van der Waals surface area contributed by atoms with Crippen LogP contribution in [-0.2, 0) is 0 Å². The van der Waals surface area contributed by atoms with Crippen LogP contribution in [0.25, 0.3) is 0 Å². The van der Waals surface area contributed by atoms with Gasteiger partial charge >= 0.3 is 0 Å². The van der Waals surface area contributed by atoms with E-state index >= 15 is 0 Å². The molecule has 1 nitrogen and oxygen atoms in total. The van der Waals surface area contributed by atoms with Gasteiger partial charge < -0.3 is 5.73 Å². The fourth-order valence-electron chi connectivity index (χ4n) is 1.81. The summed E-state index contributed by atoms with van der Waals surface area (Å²) in [7, 11) is 0. The van der Waals surface area contributed by atoms with Crippen molar-refractivity contribution in [3.05, 3.63) is 35.6 Å². The van der Waals surface area contributed by atoms with E-state index in [-0.39, 0.29) is 6.54 Å². The van der Waals surface area contributed by atoms with Gasteiger partial charge in [0.1, 0.15) is 5.82 Å². The Bertz CT molecular complexity index is 334. The molecule has 1 fully saturated rings. The van der Waals surface area contributed by atoms with Crippen molar-refractivity contribution in [1.29, 1.82) is 0 Å². The Morgan fingerprint density at radius 2 is 1.79 bits per heavy atom. The maximum absolute atomic E-state index is 13.1. The summed E-state index contributed by atoms with van der Waals surface area (Å²) in [6.45, 7) is -0.0327. The number of hydrogen-bond donors (Lipinski definition) is 1. The van der Waals surface area contributed by atoms with Gasteiger partial charge in [0.25, 0.3) is 5.92 Å². The molecule has 2 N–H and O–H groups in total. The van der Waals surface area contributed by atoms with Crippen LogP contribution in [0.2, 0.25) is 0 Å². The topological polar surface area (TPSA) is 26.0 Å². The van der Waals surface area contributed by atoms with Gasteiger partial charge in [-0.25, -0.2) is 13.2 Å². The molecule has 0 radical (unpaired) electrons. The first-order valence-electron chi connectivity index (χ1n) is 4.40. The molecule has 2 unspecified atom stereocenters. The predicted molar refractivity (Wildman–Crippen MR) is 46.6 cm³/mol. The number of nitrogens with two attached hydrogens (primary N) is 1. The van der Waals surface area contributed by atoms with E-state index in [1.54, 1.807) is 0 Å². The second-order valence-corrected chi connectivity index (χ2v) is 3.55. The van der Waals surface area contributed by atoms with Gasteiger partial charge in [-0.05, 0) is 17.7 Å². The molecule has 2 rings (SSSR count). The van der Waals surface area contributed by atoms with Crippen LogP contribution in [0.4, 0.5) is 13.2 Å². The lowest BCUT2D eigenvalue weighted by molar-refractivity contribution is 0.0947. The molecule has 0 spiro atoms. The Morgan fingerprint density at radius 3 is 2.21 bits per heavy atom. The van der Waals surface area contributed by atoms with Crippen LogP contribution in [0.5, 0.6) is 0 Å². The summed E-state index contributed by atoms with van der Waals surface area (Å²) in [6, 6.07) is 5.17. The quantitative estimate of drug-likeness (QED) is 0.779. The van der Waals surface area contributed by atoms with Crippen molar-refractivity contribution < 1.29 is 13.2 Å². The van der Waals surface area contributed by atoms with Gasteiger partial charge in [-0.15, -0.1) is 0 Å². The summed E-state index contributed by atoms with van der Waals surface area (Å²) in [5, 5.41) is 0. The lowest BCUT2D eigenvalue weighted by Gasteiger charge is -1.97. The molecular weight excluding hydrogens is 191 g/mol. The summed E-state index contributed by atoms with van der Waals surface area (Å²) >= 11 is 0. The van der Waals surface area contributed by atoms with Crippen molar-refractivity contribution in [3.8, 4) is 0 Å². The van der Waals surface area contributed by atoms with Crippen LogP contribution >= 0.6 is 0 Å². The van der Waals surface area contributed by atoms with Gasteiger partial charge in [0.15, 0.2) is 0 Å². The molecule has 0 aliphatic heterocycles. The normalized spacial score (nSPS) is 28.9. The van der Waals surface area contributed by atoms with Gasteiger partial charge in [-0.2, -0.15) is 0 Å². The zero-order valence-electron chi connectivity index (χ0n) is 7.38. The number of alkyl halides is 2. The zero-order chi connectivity index (χ0) is 10.3. The number of halogens is 3. The molecule has 14 heavy (non-hydrogen) atoms. The molecule has 1 aliphatic carbocycles. The standard InChI is InChI=1S/C10H10F3N/c11-7-3-1-6(2-4-7)9-8(5-14)10(9,12)13/h1-4,8-9H,5,14H2. The lowest BCUT2D eigenvalue weighted by atomic mass is 10.1. The molecule has 0 heterocycles. The second-order valence-electron chi connectivity index (χ2n) is 3.55. The molecule has 4 heteroatoms. The molecule has 0 bridgehead atoms. The van der Waals surface area contributed by atoms with Gasteiger partial charge in [-0.1, -0.05) is 12.1 Å². The maximum atomic E-state index is 13.1. The highest BCUT2D eigenvalue weighted by molar-refractivity contribution is 5.32. The Labute approximate surface area is 79.7 Å². The third-order valence-electron chi connectivity index (χ3n) is 2.69. The molecule has 1 aromatic rings. The monoisotopic (exact) mass is 201 g/mol. The maximum Gasteiger partial charge on any atom is 0.260 e. The fourth-order valence-corrected chi connectivity index (χ4v) is 1.81. The molecule has 1 saturated carbocycles. The summed E-state index contributed by atoms with van der Waals surface area (Å²) in [6.07, 6.45) is 0. The van der Waals surface area contributed by atoms with Crippen molar-refractivity contribution >= 4 is 0 Å². The Kier molecular flexibility index (Phi) is 2.03. The van der Waals surface area contributed by atoms with E-state index in [2.05, 4.69) is 0 Å².